The van der Waals surface area contributed by atoms with Crippen LogP contribution in [0.5, 0.6) is 17.2 Å². The molecule has 120 valence electrons. The molecule has 1 aromatic carbocycles. The highest BCUT2D eigenvalue weighted by Crippen LogP contribution is 2.38. The summed E-state index contributed by atoms with van der Waals surface area (Å²) in [5, 5.41) is 2.98. The molecular weight excluding hydrogens is 282 g/mol. The summed E-state index contributed by atoms with van der Waals surface area (Å²) in [7, 11) is 4.72. The topological polar surface area (TPSA) is 56.8 Å². The van der Waals surface area contributed by atoms with Crippen LogP contribution >= 0.6 is 0 Å². The van der Waals surface area contributed by atoms with E-state index in [1.165, 1.54) is 0 Å². The van der Waals surface area contributed by atoms with E-state index in [-0.39, 0.29) is 11.8 Å². The second-order valence-corrected chi connectivity index (χ2v) is 5.23. The number of hydrogen-bond acceptors (Lipinski definition) is 4. The van der Waals surface area contributed by atoms with Gasteiger partial charge in [-0.15, -0.1) is 0 Å². The maximum Gasteiger partial charge on any atom is 0.223 e. The second-order valence-electron chi connectivity index (χ2n) is 5.23. The van der Waals surface area contributed by atoms with E-state index in [2.05, 4.69) is 17.5 Å². The normalized spacial score (nSPS) is 17.0. The minimum absolute atomic E-state index is 0.0760. The average molecular weight is 305 g/mol. The number of methoxy groups -OCH3 is 3. The monoisotopic (exact) mass is 305 g/mol. The van der Waals surface area contributed by atoms with Crippen molar-refractivity contribution in [3.8, 4) is 17.2 Å². The van der Waals surface area contributed by atoms with E-state index in [1.54, 1.807) is 21.3 Å². The number of nitrogens with one attached hydrogen (secondary N) is 1. The number of rotatable bonds is 6. The van der Waals surface area contributed by atoms with Gasteiger partial charge in [0, 0.05) is 12.5 Å². The van der Waals surface area contributed by atoms with Crippen LogP contribution in [0, 0.1) is 5.92 Å². The zero-order valence-corrected chi connectivity index (χ0v) is 13.3. The van der Waals surface area contributed by atoms with Gasteiger partial charge in [0.1, 0.15) is 0 Å². The molecule has 0 fully saturated rings. The van der Waals surface area contributed by atoms with E-state index in [9.17, 15) is 4.79 Å². The van der Waals surface area contributed by atoms with Crippen LogP contribution in [0.4, 0.5) is 0 Å². The highest BCUT2D eigenvalue weighted by Gasteiger charge is 2.19. The van der Waals surface area contributed by atoms with Crippen LogP contribution in [-0.2, 0) is 11.3 Å². The van der Waals surface area contributed by atoms with Gasteiger partial charge in [-0.2, -0.15) is 0 Å². The van der Waals surface area contributed by atoms with Crippen molar-refractivity contribution in [2.75, 3.05) is 21.3 Å². The Labute approximate surface area is 131 Å². The molecule has 1 aromatic rings. The lowest BCUT2D eigenvalue weighted by Gasteiger charge is -2.18. The van der Waals surface area contributed by atoms with Gasteiger partial charge in [0.05, 0.1) is 21.3 Å². The molecule has 0 radical (unpaired) electrons. The van der Waals surface area contributed by atoms with Crippen LogP contribution < -0.4 is 19.5 Å². The second kappa shape index (κ2) is 7.73. The van der Waals surface area contributed by atoms with Gasteiger partial charge < -0.3 is 19.5 Å². The van der Waals surface area contributed by atoms with Crippen LogP contribution in [-0.4, -0.2) is 27.2 Å². The molecular formula is C17H23NO4. The summed E-state index contributed by atoms with van der Waals surface area (Å²) in [6.07, 6.45) is 6.91. The first kappa shape index (κ1) is 16.2. The molecule has 0 bridgehead atoms. The third kappa shape index (κ3) is 3.72. The third-order valence-corrected chi connectivity index (χ3v) is 3.83. The fourth-order valence-electron chi connectivity index (χ4n) is 2.60. The standard InChI is InChI=1S/C17H23NO4/c1-20-14-9-12(10-15(21-2)16(14)22-3)11-18-17(19)13-7-5-4-6-8-13/h4-5,9-10,13H,6-8,11H2,1-3H3,(H,18,19)/t13-/m1/s1. The number of amides is 1. The van der Waals surface area contributed by atoms with Gasteiger partial charge in [-0.25, -0.2) is 0 Å². The summed E-state index contributed by atoms with van der Waals surface area (Å²) in [5.74, 6) is 1.90. The first-order valence-corrected chi connectivity index (χ1v) is 7.41. The van der Waals surface area contributed by atoms with Crippen LogP contribution in [0.2, 0.25) is 0 Å². The van der Waals surface area contributed by atoms with Gasteiger partial charge >= 0.3 is 0 Å². The molecule has 0 saturated carbocycles. The molecule has 0 spiro atoms. The van der Waals surface area contributed by atoms with Crippen molar-refractivity contribution in [1.29, 1.82) is 0 Å². The zero-order valence-electron chi connectivity index (χ0n) is 13.3. The summed E-state index contributed by atoms with van der Waals surface area (Å²) in [6, 6.07) is 3.70. The maximum atomic E-state index is 12.2. The summed E-state index contributed by atoms with van der Waals surface area (Å²) >= 11 is 0. The van der Waals surface area contributed by atoms with Crippen LogP contribution in [0.25, 0.3) is 0 Å². The Kier molecular flexibility index (Phi) is 5.69. The Bertz CT molecular complexity index is 529. The van der Waals surface area contributed by atoms with Crippen molar-refractivity contribution in [3.05, 3.63) is 29.8 Å². The number of carbonyl (C=O) groups is 1. The van der Waals surface area contributed by atoms with Gasteiger partial charge in [-0.3, -0.25) is 4.79 Å². The lowest BCUT2D eigenvalue weighted by molar-refractivity contribution is -0.125. The van der Waals surface area contributed by atoms with Crippen molar-refractivity contribution < 1.29 is 19.0 Å². The third-order valence-electron chi connectivity index (χ3n) is 3.83. The lowest BCUT2D eigenvalue weighted by Crippen LogP contribution is -2.30. The zero-order chi connectivity index (χ0) is 15.9. The van der Waals surface area contributed by atoms with Gasteiger partial charge in [0.15, 0.2) is 11.5 Å². The molecule has 1 aliphatic carbocycles. The van der Waals surface area contributed by atoms with E-state index >= 15 is 0 Å². The molecule has 0 saturated heterocycles. The highest BCUT2D eigenvalue weighted by molar-refractivity contribution is 5.79. The number of hydrogen-bond donors (Lipinski definition) is 1. The highest BCUT2D eigenvalue weighted by atomic mass is 16.5. The summed E-state index contributed by atoms with van der Waals surface area (Å²) < 4.78 is 15.9. The van der Waals surface area contributed by atoms with Crippen molar-refractivity contribution in [2.24, 2.45) is 5.92 Å². The van der Waals surface area contributed by atoms with E-state index in [4.69, 9.17) is 14.2 Å². The Hall–Kier alpha value is -2.17. The molecule has 1 N–H and O–H groups in total. The molecule has 0 aromatic heterocycles. The number of benzene rings is 1. The smallest absolute Gasteiger partial charge is 0.223 e. The van der Waals surface area contributed by atoms with Gasteiger partial charge in [0.25, 0.3) is 0 Å². The predicted molar refractivity (Wildman–Crippen MR) is 84.4 cm³/mol. The van der Waals surface area contributed by atoms with Gasteiger partial charge in [0.2, 0.25) is 11.7 Å². The van der Waals surface area contributed by atoms with Crippen LogP contribution in [0.15, 0.2) is 24.3 Å². The maximum absolute atomic E-state index is 12.2. The van der Waals surface area contributed by atoms with Crippen molar-refractivity contribution in [2.45, 2.75) is 25.8 Å². The Morgan fingerprint density at radius 2 is 1.82 bits per heavy atom. The average Bonchev–Trinajstić information content (AvgIpc) is 2.59. The molecule has 1 amide bonds. The molecule has 0 unspecified atom stereocenters. The first-order chi connectivity index (χ1) is 10.7. The van der Waals surface area contributed by atoms with Gasteiger partial charge in [-0.1, -0.05) is 12.2 Å². The Balaban J connectivity index is 2.06. The molecule has 22 heavy (non-hydrogen) atoms. The summed E-state index contributed by atoms with van der Waals surface area (Å²) in [4.78, 5) is 12.2. The Morgan fingerprint density at radius 1 is 1.14 bits per heavy atom. The predicted octanol–water partition coefficient (Wildman–Crippen LogP) is 2.68. The van der Waals surface area contributed by atoms with E-state index in [0.717, 1.165) is 24.8 Å². The van der Waals surface area contributed by atoms with Crippen molar-refractivity contribution in [3.63, 3.8) is 0 Å². The molecule has 2 rings (SSSR count). The first-order valence-electron chi connectivity index (χ1n) is 7.41. The quantitative estimate of drug-likeness (QED) is 0.821. The van der Waals surface area contributed by atoms with Crippen molar-refractivity contribution in [1.82, 2.24) is 5.32 Å². The van der Waals surface area contributed by atoms with Gasteiger partial charge in [-0.05, 0) is 37.0 Å². The Morgan fingerprint density at radius 3 is 2.32 bits per heavy atom. The lowest BCUT2D eigenvalue weighted by atomic mass is 9.93. The fourth-order valence-corrected chi connectivity index (χ4v) is 2.60. The largest absolute Gasteiger partial charge is 0.493 e. The number of allylic oxidation sites excluding steroid dienone is 2. The van der Waals surface area contributed by atoms with Crippen LogP contribution in [0.1, 0.15) is 24.8 Å². The fraction of sp³-hybridized carbons (Fsp3) is 0.471. The molecule has 5 heteroatoms. The minimum atomic E-state index is 0.0760. The molecule has 0 heterocycles. The van der Waals surface area contributed by atoms with Crippen LogP contribution in [0.3, 0.4) is 0 Å². The number of carbonyl (C=O) groups excluding carboxylic acids is 1. The SMILES string of the molecule is COc1cc(CNC(=O)[C@@H]2CC=CCC2)cc(OC)c1OC. The molecule has 1 atom stereocenters. The minimum Gasteiger partial charge on any atom is -0.493 e. The van der Waals surface area contributed by atoms with E-state index in [0.29, 0.717) is 23.8 Å². The van der Waals surface area contributed by atoms with E-state index in [1.807, 2.05) is 12.1 Å². The summed E-state index contributed by atoms with van der Waals surface area (Å²) in [5.41, 5.74) is 0.911. The molecule has 0 aliphatic heterocycles. The number of ether oxygens (including phenoxy) is 3. The summed E-state index contributed by atoms with van der Waals surface area (Å²) in [6.45, 7) is 0.440. The molecule has 1 aliphatic rings. The van der Waals surface area contributed by atoms with Crippen molar-refractivity contribution >= 4 is 5.91 Å². The molecule has 5 nitrogen and oxygen atoms in total. The van der Waals surface area contributed by atoms with E-state index < -0.39 is 0 Å².